The van der Waals surface area contributed by atoms with E-state index in [9.17, 15) is 9.59 Å². The molecule has 0 radical (unpaired) electrons. The summed E-state index contributed by atoms with van der Waals surface area (Å²) in [4.78, 5) is 25.1. The molecule has 0 atom stereocenters. The number of hydrogen-bond acceptors (Lipinski definition) is 5. The molecule has 3 N–H and O–H groups in total. The molecule has 1 rings (SSSR count). The molecule has 1 aromatic heterocycles. The summed E-state index contributed by atoms with van der Waals surface area (Å²) in [6, 6.07) is 0. The Kier molecular flexibility index (Phi) is 2.44. The monoisotopic (exact) mass is 186 g/mol. The summed E-state index contributed by atoms with van der Waals surface area (Å²) in [5, 5.41) is 5.97. The van der Waals surface area contributed by atoms with Crippen molar-refractivity contribution in [3.8, 4) is 0 Å². The van der Waals surface area contributed by atoms with Gasteiger partial charge in [-0.05, 0) is 6.26 Å². The molecule has 0 aliphatic heterocycles. The number of H-pyrrole nitrogens is 1. The third-order valence-corrected chi connectivity index (χ3v) is 1.64. The molecule has 1 heterocycles. The van der Waals surface area contributed by atoms with Crippen molar-refractivity contribution < 1.29 is 4.79 Å². The first-order valence-electron chi connectivity index (χ1n) is 2.95. The predicted octanol–water partition coefficient (Wildman–Crippen LogP) is -1.01. The molecule has 0 aromatic carbocycles. The summed E-state index contributed by atoms with van der Waals surface area (Å²) in [6.07, 6.45) is 1.72. The van der Waals surface area contributed by atoms with Gasteiger partial charge in [0, 0.05) is 0 Å². The van der Waals surface area contributed by atoms with Crippen molar-refractivity contribution in [2.24, 2.45) is 5.73 Å². The van der Waals surface area contributed by atoms with Gasteiger partial charge in [-0.3, -0.25) is 9.59 Å². The fraction of sp³-hybridized carbons (Fsp3) is 0.200. The average molecular weight is 186 g/mol. The Bertz CT molecular complexity index is 361. The van der Waals surface area contributed by atoms with Crippen LogP contribution >= 0.6 is 11.8 Å². The molecule has 6 nitrogen and oxygen atoms in total. The van der Waals surface area contributed by atoms with Crippen molar-refractivity contribution in [1.82, 2.24) is 15.2 Å². The molecule has 0 fully saturated rings. The number of aromatic amines is 1. The highest BCUT2D eigenvalue weighted by Gasteiger charge is 2.09. The predicted molar refractivity (Wildman–Crippen MR) is 43.0 cm³/mol. The largest absolute Gasteiger partial charge is 0.364 e. The summed E-state index contributed by atoms with van der Waals surface area (Å²) in [7, 11) is 0. The number of nitrogens with one attached hydrogen (secondary N) is 1. The molecule has 7 heteroatoms. The molecule has 64 valence electrons. The molecule has 1 amide bonds. The molecular weight excluding hydrogens is 180 g/mol. The van der Waals surface area contributed by atoms with Crippen LogP contribution in [0.1, 0.15) is 10.5 Å². The molecule has 1 aromatic rings. The Morgan fingerprint density at radius 2 is 2.33 bits per heavy atom. The van der Waals surface area contributed by atoms with Gasteiger partial charge in [-0.1, -0.05) is 11.8 Å². The van der Waals surface area contributed by atoms with E-state index in [2.05, 4.69) is 15.2 Å². The van der Waals surface area contributed by atoms with Gasteiger partial charge in [-0.15, -0.1) is 5.10 Å². The zero-order valence-electron chi connectivity index (χ0n) is 6.20. The van der Waals surface area contributed by atoms with Crippen LogP contribution in [0.4, 0.5) is 0 Å². The van der Waals surface area contributed by atoms with Crippen molar-refractivity contribution in [2.45, 2.75) is 5.16 Å². The summed E-state index contributed by atoms with van der Waals surface area (Å²) < 4.78 is 0. The molecule has 0 unspecified atom stereocenters. The quantitative estimate of drug-likeness (QED) is 0.576. The first-order chi connectivity index (χ1) is 5.65. The van der Waals surface area contributed by atoms with E-state index in [1.807, 2.05) is 0 Å². The highest BCUT2D eigenvalue weighted by molar-refractivity contribution is 7.98. The Hall–Kier alpha value is -1.37. The summed E-state index contributed by atoms with van der Waals surface area (Å²) in [5.74, 6) is -0.853. The van der Waals surface area contributed by atoms with Gasteiger partial charge in [0.1, 0.15) is 0 Å². The number of primary amides is 1. The summed E-state index contributed by atoms with van der Waals surface area (Å²) in [5.41, 5.74) is 3.90. The van der Waals surface area contributed by atoms with E-state index in [4.69, 9.17) is 5.73 Å². The number of nitrogens with two attached hydrogens (primary N) is 1. The number of carbonyl (C=O) groups excluding carboxylic acids is 1. The van der Waals surface area contributed by atoms with Gasteiger partial charge in [0.2, 0.25) is 5.16 Å². The molecule has 0 saturated heterocycles. The van der Waals surface area contributed by atoms with Crippen LogP contribution in [0.25, 0.3) is 0 Å². The number of hydrogen-bond donors (Lipinski definition) is 2. The summed E-state index contributed by atoms with van der Waals surface area (Å²) in [6.45, 7) is 0. The van der Waals surface area contributed by atoms with Crippen LogP contribution in [0.3, 0.4) is 0 Å². The van der Waals surface area contributed by atoms with Gasteiger partial charge in [0.25, 0.3) is 11.5 Å². The summed E-state index contributed by atoms with van der Waals surface area (Å²) >= 11 is 1.21. The lowest BCUT2D eigenvalue weighted by molar-refractivity contribution is 0.0992. The second-order valence-electron chi connectivity index (χ2n) is 1.86. The van der Waals surface area contributed by atoms with E-state index in [1.54, 1.807) is 6.26 Å². The molecular formula is C5H6N4O2S. The molecule has 0 saturated carbocycles. The molecule has 0 aliphatic rings. The van der Waals surface area contributed by atoms with Crippen LogP contribution in [0.15, 0.2) is 9.95 Å². The van der Waals surface area contributed by atoms with Crippen LogP contribution in [0.2, 0.25) is 0 Å². The average Bonchev–Trinajstić information content (AvgIpc) is 2.05. The number of carbonyl (C=O) groups is 1. The van der Waals surface area contributed by atoms with Gasteiger partial charge in [0.15, 0.2) is 5.69 Å². The lowest BCUT2D eigenvalue weighted by Gasteiger charge is -1.94. The van der Waals surface area contributed by atoms with E-state index >= 15 is 0 Å². The molecule has 0 spiro atoms. The Morgan fingerprint density at radius 3 is 2.83 bits per heavy atom. The lowest BCUT2D eigenvalue weighted by Crippen LogP contribution is -2.26. The smallest absolute Gasteiger partial charge is 0.295 e. The maximum Gasteiger partial charge on any atom is 0.295 e. The Labute approximate surface area is 71.6 Å². The van der Waals surface area contributed by atoms with Crippen molar-refractivity contribution in [3.63, 3.8) is 0 Å². The minimum atomic E-state index is -0.853. The number of aromatic nitrogens is 3. The lowest BCUT2D eigenvalue weighted by atomic mass is 10.4. The third-order valence-electron chi connectivity index (χ3n) is 1.09. The van der Waals surface area contributed by atoms with Gasteiger partial charge in [-0.25, -0.2) is 10.1 Å². The number of amides is 1. The van der Waals surface area contributed by atoms with Gasteiger partial charge >= 0.3 is 0 Å². The van der Waals surface area contributed by atoms with E-state index < -0.39 is 11.5 Å². The van der Waals surface area contributed by atoms with Gasteiger partial charge < -0.3 is 5.73 Å². The van der Waals surface area contributed by atoms with Gasteiger partial charge in [0.05, 0.1) is 0 Å². The topological polar surface area (TPSA) is 102 Å². The second kappa shape index (κ2) is 3.35. The third kappa shape index (κ3) is 1.62. The van der Waals surface area contributed by atoms with Crippen LogP contribution in [0, 0.1) is 0 Å². The Balaban J connectivity index is 3.26. The van der Waals surface area contributed by atoms with E-state index in [0.29, 0.717) is 5.16 Å². The standard InChI is InChI=1S/C5H6N4O2S/c1-12-5-7-2(3(6)10)4(11)8-9-5/h1H3,(H2,6,10)(H,8,11). The van der Waals surface area contributed by atoms with Crippen molar-refractivity contribution in [3.05, 3.63) is 16.0 Å². The first kappa shape index (κ1) is 8.72. The van der Waals surface area contributed by atoms with Crippen LogP contribution in [-0.2, 0) is 0 Å². The van der Waals surface area contributed by atoms with Crippen LogP contribution < -0.4 is 11.3 Å². The molecule has 0 aliphatic carbocycles. The molecule has 0 bridgehead atoms. The second-order valence-corrected chi connectivity index (χ2v) is 2.64. The molecule has 12 heavy (non-hydrogen) atoms. The number of nitrogens with zero attached hydrogens (tertiary/aromatic N) is 2. The van der Waals surface area contributed by atoms with Crippen LogP contribution in [-0.4, -0.2) is 27.3 Å². The minimum Gasteiger partial charge on any atom is -0.364 e. The van der Waals surface area contributed by atoms with E-state index in [1.165, 1.54) is 11.8 Å². The first-order valence-corrected chi connectivity index (χ1v) is 4.18. The highest BCUT2D eigenvalue weighted by atomic mass is 32.2. The SMILES string of the molecule is CSc1n[nH]c(=O)c(C(N)=O)n1. The van der Waals surface area contributed by atoms with Gasteiger partial charge in [-0.2, -0.15) is 0 Å². The Morgan fingerprint density at radius 1 is 1.67 bits per heavy atom. The van der Waals surface area contributed by atoms with Crippen LogP contribution in [0.5, 0.6) is 0 Å². The zero-order chi connectivity index (χ0) is 9.14. The fourth-order valence-corrected chi connectivity index (χ4v) is 0.901. The van der Waals surface area contributed by atoms with E-state index in [0.717, 1.165) is 0 Å². The number of rotatable bonds is 2. The van der Waals surface area contributed by atoms with Crippen molar-refractivity contribution in [2.75, 3.05) is 6.26 Å². The minimum absolute atomic E-state index is 0.309. The maximum absolute atomic E-state index is 10.8. The zero-order valence-corrected chi connectivity index (χ0v) is 7.01. The fourth-order valence-electron chi connectivity index (χ4n) is 0.581. The van der Waals surface area contributed by atoms with E-state index in [-0.39, 0.29) is 5.69 Å². The normalized spacial score (nSPS) is 9.75. The highest BCUT2D eigenvalue weighted by Crippen LogP contribution is 2.03. The van der Waals surface area contributed by atoms with Crippen molar-refractivity contribution in [1.29, 1.82) is 0 Å². The number of thioether (sulfide) groups is 1. The van der Waals surface area contributed by atoms with Crippen molar-refractivity contribution >= 4 is 17.7 Å². The maximum atomic E-state index is 10.8.